The lowest BCUT2D eigenvalue weighted by molar-refractivity contribution is 0.114. The van der Waals surface area contributed by atoms with Gasteiger partial charge in [0, 0.05) is 49.1 Å². The van der Waals surface area contributed by atoms with Crippen molar-refractivity contribution in [3.63, 3.8) is 0 Å². The Kier molecular flexibility index (Phi) is 9.35. The standard InChI is InChI=1S/C40H40F4N6O5/c1-4-27-29(41)8-5-23-15-26(51)16-28(30(23)27)33-32(42)34-31(37(45-33)55-21(2)3)36(49-17-24-6-7-25(18-49)50(24)39(52)53)47-38(46-34)54-20-40(11-12-40)19-48-13-9-22(10-14-48)35(43)44/h1,5,8,15-16,21,24-25,51H,6-7,9-14,17-20H2,2-3H3,(H,52,53). The van der Waals surface area contributed by atoms with Crippen LogP contribution in [0.3, 0.4) is 0 Å². The molecule has 4 aromatic rings. The van der Waals surface area contributed by atoms with E-state index in [4.69, 9.17) is 20.9 Å². The molecule has 3 saturated heterocycles. The van der Waals surface area contributed by atoms with Crippen LogP contribution in [-0.2, 0) is 0 Å². The minimum absolute atomic E-state index is 0.0204. The van der Waals surface area contributed by atoms with Crippen LogP contribution in [0.15, 0.2) is 35.9 Å². The fourth-order valence-electron chi connectivity index (χ4n) is 8.41. The van der Waals surface area contributed by atoms with E-state index in [0.29, 0.717) is 50.7 Å². The molecule has 2 aromatic heterocycles. The number of likely N-dealkylation sites (tertiary alicyclic amines) is 1. The zero-order valence-electron chi connectivity index (χ0n) is 30.4. The first-order valence-electron chi connectivity index (χ1n) is 18.5. The maximum atomic E-state index is 17.4. The molecule has 0 spiro atoms. The van der Waals surface area contributed by atoms with Gasteiger partial charge >= 0.3 is 12.1 Å². The van der Waals surface area contributed by atoms with Crippen LogP contribution in [0.1, 0.15) is 57.9 Å². The number of rotatable bonds is 9. The van der Waals surface area contributed by atoms with E-state index in [2.05, 4.69) is 20.8 Å². The Labute approximate surface area is 314 Å². The van der Waals surface area contributed by atoms with E-state index in [1.807, 2.05) is 4.90 Å². The van der Waals surface area contributed by atoms with Gasteiger partial charge in [0.25, 0.3) is 6.08 Å². The average Bonchev–Trinajstić information content (AvgIpc) is 3.86. The second-order valence-electron chi connectivity index (χ2n) is 15.4. The van der Waals surface area contributed by atoms with Crippen molar-refractivity contribution in [1.29, 1.82) is 0 Å². The van der Waals surface area contributed by atoms with Crippen molar-refractivity contribution in [3.05, 3.63) is 53.1 Å². The summed E-state index contributed by atoms with van der Waals surface area (Å²) in [7, 11) is 0. The van der Waals surface area contributed by atoms with Crippen LogP contribution in [0.5, 0.6) is 17.6 Å². The zero-order chi connectivity index (χ0) is 38.8. The van der Waals surface area contributed by atoms with Gasteiger partial charge in [0.15, 0.2) is 5.82 Å². The molecule has 11 nitrogen and oxygen atoms in total. The summed E-state index contributed by atoms with van der Waals surface area (Å²) >= 11 is 0. The van der Waals surface area contributed by atoms with Crippen LogP contribution in [0.2, 0.25) is 0 Å². The van der Waals surface area contributed by atoms with Gasteiger partial charge in [-0.1, -0.05) is 12.0 Å². The summed E-state index contributed by atoms with van der Waals surface area (Å²) in [4.78, 5) is 31.8. The van der Waals surface area contributed by atoms with Crippen molar-refractivity contribution in [1.82, 2.24) is 24.8 Å². The first kappa shape index (κ1) is 36.6. The lowest BCUT2D eigenvalue weighted by atomic mass is 9.95. The van der Waals surface area contributed by atoms with Crippen molar-refractivity contribution in [3.8, 4) is 41.2 Å². The number of hydrogen-bond donors (Lipinski definition) is 2. The number of pyridine rings is 1. The number of phenols is 1. The Bertz CT molecular complexity index is 2260. The van der Waals surface area contributed by atoms with Crippen LogP contribution < -0.4 is 14.4 Å². The molecule has 2 unspecified atom stereocenters. The number of carboxylic acid groups (broad SMARTS) is 1. The Morgan fingerprint density at radius 1 is 1.05 bits per heavy atom. The molecule has 8 rings (SSSR count). The van der Waals surface area contributed by atoms with Crippen molar-refractivity contribution >= 4 is 33.6 Å². The number of aromatic nitrogens is 3. The predicted molar refractivity (Wildman–Crippen MR) is 197 cm³/mol. The molecule has 2 aromatic carbocycles. The van der Waals surface area contributed by atoms with Crippen molar-refractivity contribution in [2.45, 2.75) is 70.6 Å². The van der Waals surface area contributed by atoms with Crippen LogP contribution in [-0.4, -0.2) is 98.6 Å². The molecular weight excluding hydrogens is 720 g/mol. The summed E-state index contributed by atoms with van der Waals surface area (Å²) < 4.78 is 71.4. The molecule has 15 heteroatoms. The number of nitrogens with zero attached hydrogens (tertiary/aromatic N) is 6. The van der Waals surface area contributed by atoms with E-state index in [-0.39, 0.29) is 99.3 Å². The molecule has 4 fully saturated rings. The van der Waals surface area contributed by atoms with Gasteiger partial charge in [-0.3, -0.25) is 4.90 Å². The number of piperidine rings is 1. The number of aromatic hydroxyl groups is 1. The number of piperazine rings is 1. The molecule has 0 radical (unpaired) electrons. The average molecular weight is 761 g/mol. The fraction of sp³-hybridized carbons (Fsp3) is 0.450. The Morgan fingerprint density at radius 3 is 2.38 bits per heavy atom. The van der Waals surface area contributed by atoms with Gasteiger partial charge < -0.3 is 29.5 Å². The molecule has 2 atom stereocenters. The second-order valence-corrected chi connectivity index (χ2v) is 15.4. The number of ether oxygens (including phenoxy) is 2. The first-order valence-corrected chi connectivity index (χ1v) is 18.5. The minimum Gasteiger partial charge on any atom is -0.508 e. The number of halogens is 4. The summed E-state index contributed by atoms with van der Waals surface area (Å²) in [5, 5.41) is 21.4. The van der Waals surface area contributed by atoms with Gasteiger partial charge in [-0.25, -0.2) is 18.6 Å². The summed E-state index contributed by atoms with van der Waals surface area (Å²) in [5.74, 6) is 0.753. The topological polar surface area (TPSA) is 124 Å². The molecule has 4 aliphatic rings. The summed E-state index contributed by atoms with van der Waals surface area (Å²) in [5.41, 5.74) is -0.663. The number of hydrogen-bond acceptors (Lipinski definition) is 9. The van der Waals surface area contributed by atoms with Crippen molar-refractivity contribution in [2.75, 3.05) is 44.2 Å². The van der Waals surface area contributed by atoms with Gasteiger partial charge in [0.1, 0.15) is 34.0 Å². The molecule has 55 heavy (non-hydrogen) atoms. The number of fused-ring (bicyclic) bond motifs is 4. The van der Waals surface area contributed by atoms with Gasteiger partial charge in [-0.15, -0.1) is 6.42 Å². The monoisotopic (exact) mass is 760 g/mol. The smallest absolute Gasteiger partial charge is 0.407 e. The number of anilines is 1. The Hall–Kier alpha value is -5.36. The normalized spacial score (nSPS) is 20.7. The van der Waals surface area contributed by atoms with Crippen molar-refractivity contribution < 1.29 is 42.0 Å². The highest BCUT2D eigenvalue weighted by molar-refractivity contribution is 6.04. The minimum atomic E-state index is -1.60. The largest absolute Gasteiger partial charge is 0.508 e. The number of phenolic OH excluding ortho intramolecular Hbond substituents is 1. The molecule has 1 aliphatic carbocycles. The molecule has 1 amide bonds. The van der Waals surface area contributed by atoms with Crippen LogP contribution in [0.4, 0.5) is 28.2 Å². The maximum absolute atomic E-state index is 17.4. The lowest BCUT2D eigenvalue weighted by Crippen LogP contribution is -2.55. The van der Waals surface area contributed by atoms with Gasteiger partial charge in [0.05, 0.1) is 30.4 Å². The summed E-state index contributed by atoms with van der Waals surface area (Å²) in [6.45, 7) is 5.98. The highest BCUT2D eigenvalue weighted by Crippen LogP contribution is 2.48. The third-order valence-corrected chi connectivity index (χ3v) is 11.3. The Morgan fingerprint density at radius 2 is 1.76 bits per heavy atom. The summed E-state index contributed by atoms with van der Waals surface area (Å²) in [6.07, 6.45) is 6.32. The van der Waals surface area contributed by atoms with Crippen LogP contribution in [0, 0.1) is 29.4 Å². The fourth-order valence-corrected chi connectivity index (χ4v) is 8.41. The quantitative estimate of drug-likeness (QED) is 0.132. The third-order valence-electron chi connectivity index (χ3n) is 11.3. The number of amides is 1. The molecule has 2 bridgehead atoms. The highest BCUT2D eigenvalue weighted by Gasteiger charge is 2.46. The zero-order valence-corrected chi connectivity index (χ0v) is 30.4. The summed E-state index contributed by atoms with van der Waals surface area (Å²) in [6, 6.07) is 4.50. The molecule has 2 N–H and O–H groups in total. The molecule has 288 valence electrons. The van der Waals surface area contributed by atoms with E-state index in [0.717, 1.165) is 12.8 Å². The number of terminal acetylenes is 1. The first-order chi connectivity index (χ1) is 26.3. The number of benzene rings is 2. The van der Waals surface area contributed by atoms with Gasteiger partial charge in [-0.05, 0) is 81.5 Å². The third kappa shape index (κ3) is 6.81. The molecular formula is C40H40F4N6O5. The Balaban J connectivity index is 1.25. The van der Waals surface area contributed by atoms with Gasteiger partial charge in [-0.2, -0.15) is 18.7 Å². The van der Waals surface area contributed by atoms with E-state index in [1.54, 1.807) is 13.8 Å². The van der Waals surface area contributed by atoms with Crippen LogP contribution >= 0.6 is 0 Å². The highest BCUT2D eigenvalue weighted by atomic mass is 19.3. The van der Waals surface area contributed by atoms with Crippen LogP contribution in [0.25, 0.3) is 32.9 Å². The SMILES string of the molecule is C#Cc1c(F)ccc2cc(O)cc(-c3nc(OC(C)C)c4c(N5CC6CCC(C5)N6C(=O)O)nc(OCC5(CN6CCC(=C(F)F)CC6)CC5)nc4c3F)c12. The van der Waals surface area contributed by atoms with Crippen molar-refractivity contribution in [2.24, 2.45) is 5.41 Å². The lowest BCUT2D eigenvalue weighted by Gasteiger charge is -2.40. The van der Waals surface area contributed by atoms with E-state index >= 15 is 8.78 Å². The predicted octanol–water partition coefficient (Wildman–Crippen LogP) is 7.33. The van der Waals surface area contributed by atoms with Gasteiger partial charge in [0.2, 0.25) is 5.88 Å². The van der Waals surface area contributed by atoms with E-state index < -0.39 is 29.9 Å². The number of carbonyl (C=O) groups is 1. The molecule has 5 heterocycles. The maximum Gasteiger partial charge on any atom is 0.407 e. The molecule has 1 saturated carbocycles. The molecule has 3 aliphatic heterocycles. The van der Waals surface area contributed by atoms with E-state index in [9.17, 15) is 23.8 Å². The van der Waals surface area contributed by atoms with E-state index in [1.165, 1.54) is 29.2 Å². The second kappa shape index (κ2) is 14.1.